The van der Waals surface area contributed by atoms with Gasteiger partial charge in [-0.3, -0.25) is 0 Å². The average molecular weight is 1020 g/mol. The number of aryl methyl sites for hydroxylation is 1. The normalized spacial score (nSPS) is 12.1. The Morgan fingerprint density at radius 3 is 0.971 bits per heavy atom. The van der Waals surface area contributed by atoms with Gasteiger partial charge in [0.05, 0.1) is 22.3 Å². The topological polar surface area (TPSA) is 26.3 Å². The summed E-state index contributed by atoms with van der Waals surface area (Å²) in [5, 5.41) is 8.59. The number of hydrogen-bond acceptors (Lipinski definition) is 2. The Bertz CT molecular complexity index is 2960. The maximum absolute atomic E-state index is 13.0. The van der Waals surface area contributed by atoms with Crippen molar-refractivity contribution in [3.8, 4) is 0 Å². The molecule has 0 fully saturated rings. The molecule has 0 unspecified atom stereocenters. The van der Waals surface area contributed by atoms with Crippen LogP contribution in [0.25, 0.3) is 43.5 Å². The van der Waals surface area contributed by atoms with Crippen LogP contribution in [0, 0.1) is 0 Å². The molecule has 0 spiro atoms. The van der Waals surface area contributed by atoms with E-state index in [9.17, 15) is 52.7 Å². The monoisotopic (exact) mass is 1020 g/mol. The third-order valence-electron chi connectivity index (χ3n) is 10.7. The highest BCUT2D eigenvalue weighted by Gasteiger charge is 2.39. The lowest BCUT2D eigenvalue weighted by atomic mass is 9.99. The second-order valence-electron chi connectivity index (χ2n) is 15.3. The molecule has 0 saturated heterocycles. The van der Waals surface area contributed by atoms with Crippen molar-refractivity contribution in [2.45, 2.75) is 32.1 Å². The first-order chi connectivity index (χ1) is 32.0. The Hall–Kier alpha value is -5.80. The second-order valence-corrected chi connectivity index (χ2v) is 20.8. The SMILES string of the molecule is C.CP(c1cc(C(F)(F)F)cc(C(F)(F)F)c1)c1cc(C(F)(F)F)cc(C(F)(F)F)c1.CP(c1ccccc1)c1ccccc1.Cp1oc2ccc3ccccc3c2c2c(ccc3ccccc32)o1. The molecule has 1 aromatic heterocycles. The predicted octanol–water partition coefficient (Wildman–Crippen LogP) is 17.3. The molecule has 9 rings (SSSR count). The summed E-state index contributed by atoms with van der Waals surface area (Å²) in [5.41, 5.74) is -5.07. The van der Waals surface area contributed by atoms with Gasteiger partial charge in [-0.1, -0.05) is 129 Å². The van der Waals surface area contributed by atoms with Gasteiger partial charge in [0, 0.05) is 17.4 Å². The van der Waals surface area contributed by atoms with Crippen molar-refractivity contribution in [1.82, 2.24) is 0 Å². The van der Waals surface area contributed by atoms with E-state index in [-0.39, 0.29) is 51.7 Å². The lowest BCUT2D eigenvalue weighted by molar-refractivity contribution is -0.144. The summed E-state index contributed by atoms with van der Waals surface area (Å²) >= 11 is 0. The van der Waals surface area contributed by atoms with E-state index in [0.29, 0.717) is 0 Å². The second kappa shape index (κ2) is 21.1. The molecule has 1 heterocycles. The van der Waals surface area contributed by atoms with Crippen LogP contribution in [0.5, 0.6) is 0 Å². The standard InChI is InChI=1S/C21H15O2P.C17H9F12P.C13H13P.CH4/c1-24-22-18-12-10-14-6-2-4-8-16(14)20(18)21-17-9-5-3-7-15(17)11-13-19(21)23-24;1-30(12-4-8(14(18,19)20)2-9(5-12)15(21,22)23)13-6-10(16(24,25)26)3-11(7-13)17(27,28)29;1-14(12-8-4-2-5-9-12)13-10-6-3-7-11-13;/h2-13H,1H3;2-7H,1H3;2-11H,1H3;1H4. The minimum atomic E-state index is -5.21. The molecule has 0 radical (unpaired) electrons. The number of fused-ring (bicyclic) bond motifs is 7. The first-order valence-electron chi connectivity index (χ1n) is 20.3. The van der Waals surface area contributed by atoms with Crippen molar-refractivity contribution < 1.29 is 61.1 Å². The van der Waals surface area contributed by atoms with Crippen LogP contribution < -0.4 is 21.2 Å². The fourth-order valence-electron chi connectivity index (χ4n) is 7.33. The van der Waals surface area contributed by atoms with Crippen LogP contribution in [0.4, 0.5) is 52.7 Å². The minimum Gasteiger partial charge on any atom is -0.419 e. The van der Waals surface area contributed by atoms with Crippen molar-refractivity contribution in [1.29, 1.82) is 0 Å². The highest BCUT2D eigenvalue weighted by Crippen LogP contribution is 2.43. The summed E-state index contributed by atoms with van der Waals surface area (Å²) in [5.74, 6) is 0. The predicted molar refractivity (Wildman–Crippen MR) is 259 cm³/mol. The van der Waals surface area contributed by atoms with Crippen molar-refractivity contribution in [2.75, 3.05) is 13.3 Å². The highest BCUT2D eigenvalue weighted by molar-refractivity contribution is 7.72. The largest absolute Gasteiger partial charge is 0.419 e. The molecule has 0 amide bonds. The Balaban J connectivity index is 0.000000179. The molecule has 69 heavy (non-hydrogen) atoms. The van der Waals surface area contributed by atoms with Crippen LogP contribution in [0.1, 0.15) is 29.7 Å². The lowest BCUT2D eigenvalue weighted by Gasteiger charge is -2.21. The quantitative estimate of drug-likeness (QED) is 0.130. The first kappa shape index (κ1) is 52.6. The van der Waals surface area contributed by atoms with Crippen LogP contribution >= 0.6 is 23.9 Å². The molecule has 17 heteroatoms. The molecule has 0 bridgehead atoms. The fourth-order valence-corrected chi connectivity index (χ4v) is 11.4. The van der Waals surface area contributed by atoms with E-state index in [0.717, 1.165) is 28.6 Å². The molecule has 360 valence electrons. The van der Waals surface area contributed by atoms with Crippen LogP contribution in [0.15, 0.2) is 178 Å². The van der Waals surface area contributed by atoms with Gasteiger partial charge in [0.15, 0.2) is 0 Å². The van der Waals surface area contributed by atoms with Crippen LogP contribution in [-0.4, -0.2) is 13.3 Å². The van der Waals surface area contributed by atoms with Gasteiger partial charge < -0.3 is 8.39 Å². The molecule has 0 aliphatic carbocycles. The Labute approximate surface area is 392 Å². The third-order valence-corrected chi connectivity index (χ3v) is 15.8. The number of rotatable bonds is 4. The van der Waals surface area contributed by atoms with E-state index < -0.39 is 73.5 Å². The maximum atomic E-state index is 13.0. The van der Waals surface area contributed by atoms with Gasteiger partial charge in [-0.2, -0.15) is 52.7 Å². The molecular weight excluding hydrogens is 977 g/mol. The average Bonchev–Trinajstić information content (AvgIpc) is 3.46. The van der Waals surface area contributed by atoms with Gasteiger partial charge in [-0.05, 0) is 120 Å². The van der Waals surface area contributed by atoms with Gasteiger partial charge in [0.1, 0.15) is 11.2 Å². The smallest absolute Gasteiger partial charge is 0.416 e. The summed E-state index contributed by atoms with van der Waals surface area (Å²) < 4.78 is 168. The van der Waals surface area contributed by atoms with Crippen molar-refractivity contribution in [2.24, 2.45) is 6.66 Å². The van der Waals surface area contributed by atoms with Gasteiger partial charge in [-0.15, -0.1) is 0 Å². The van der Waals surface area contributed by atoms with Crippen LogP contribution in [-0.2, 0) is 31.4 Å². The summed E-state index contributed by atoms with van der Waals surface area (Å²) in [6, 6.07) is 47.4. The maximum Gasteiger partial charge on any atom is 0.416 e. The van der Waals surface area contributed by atoms with Crippen molar-refractivity contribution >= 4 is 88.6 Å². The van der Waals surface area contributed by atoms with E-state index >= 15 is 0 Å². The summed E-state index contributed by atoms with van der Waals surface area (Å²) in [4.78, 5) is 0. The zero-order valence-corrected chi connectivity index (χ0v) is 38.5. The molecule has 2 nitrogen and oxygen atoms in total. The van der Waals surface area contributed by atoms with E-state index in [1.54, 1.807) is 0 Å². The lowest BCUT2D eigenvalue weighted by Crippen LogP contribution is -2.21. The number of halogens is 12. The molecule has 0 aliphatic rings. The van der Waals surface area contributed by atoms with E-state index in [2.05, 4.69) is 140 Å². The first-order valence-corrected chi connectivity index (χ1v) is 25.5. The van der Waals surface area contributed by atoms with Gasteiger partial charge in [0.2, 0.25) is 8.01 Å². The summed E-state index contributed by atoms with van der Waals surface area (Å²) in [6.45, 7) is 5.28. The number of alkyl halides is 12. The molecule has 0 N–H and O–H groups in total. The van der Waals surface area contributed by atoms with Gasteiger partial charge in [0.25, 0.3) is 0 Å². The summed E-state index contributed by atoms with van der Waals surface area (Å²) in [6.07, 6.45) is -20.8. The Kier molecular flexibility index (Phi) is 16.0. The Morgan fingerprint density at radius 1 is 0.362 bits per heavy atom. The molecule has 0 aliphatic heterocycles. The summed E-state index contributed by atoms with van der Waals surface area (Å²) in [7, 11) is -3.60. The van der Waals surface area contributed by atoms with E-state index in [4.69, 9.17) is 8.39 Å². The van der Waals surface area contributed by atoms with Crippen LogP contribution in [0.3, 0.4) is 0 Å². The van der Waals surface area contributed by atoms with Crippen molar-refractivity contribution in [3.05, 3.63) is 192 Å². The molecule has 0 atom stereocenters. The minimum absolute atomic E-state index is 0. The zero-order chi connectivity index (χ0) is 49.2. The molecular formula is C52H41F12O2P3. The van der Waals surface area contributed by atoms with Gasteiger partial charge in [-0.25, -0.2) is 0 Å². The zero-order valence-electron chi connectivity index (χ0n) is 35.9. The van der Waals surface area contributed by atoms with E-state index in [1.807, 2.05) is 6.66 Å². The number of hydrogen-bond donors (Lipinski definition) is 0. The highest BCUT2D eigenvalue weighted by atomic mass is 31.1. The molecule has 8 aromatic carbocycles. The van der Waals surface area contributed by atoms with E-state index in [1.165, 1.54) is 32.2 Å². The van der Waals surface area contributed by atoms with Crippen LogP contribution in [0.2, 0.25) is 0 Å². The molecule has 0 saturated carbocycles. The third kappa shape index (κ3) is 12.5. The Morgan fingerprint density at radius 2 is 0.652 bits per heavy atom. The van der Waals surface area contributed by atoms with Gasteiger partial charge >= 0.3 is 24.7 Å². The van der Waals surface area contributed by atoms with Crippen molar-refractivity contribution in [3.63, 3.8) is 0 Å². The fraction of sp³-hybridized carbons (Fsp3) is 0.154. The molecule has 9 aromatic rings. The number of benzene rings is 8.